The third-order valence-electron chi connectivity index (χ3n) is 4.67. The monoisotopic (exact) mass is 403 g/mol. The first-order valence-corrected chi connectivity index (χ1v) is 10.2. The number of ether oxygens (including phenoxy) is 2. The van der Waals surface area contributed by atoms with E-state index in [1.807, 2.05) is 24.6 Å². The van der Waals surface area contributed by atoms with E-state index in [2.05, 4.69) is 0 Å². The highest BCUT2D eigenvalue weighted by atomic mass is 32.2. The average Bonchev–Trinajstić information content (AvgIpc) is 2.96. The minimum atomic E-state index is -4.03. The van der Waals surface area contributed by atoms with Crippen molar-refractivity contribution >= 4 is 21.7 Å². The van der Waals surface area contributed by atoms with Gasteiger partial charge in [0.05, 0.1) is 17.6 Å². The smallest absolute Gasteiger partial charge is 0.271 e. The van der Waals surface area contributed by atoms with Crippen LogP contribution in [0.25, 0.3) is 0 Å². The van der Waals surface area contributed by atoms with Crippen molar-refractivity contribution in [2.45, 2.75) is 31.1 Å². The fourth-order valence-corrected chi connectivity index (χ4v) is 4.34. The summed E-state index contributed by atoms with van der Waals surface area (Å²) < 4.78 is 37.0. The molecule has 1 unspecified atom stereocenters. The molecule has 1 N–H and O–H groups in total. The maximum atomic E-state index is 12.3. The number of methoxy groups -OCH3 is 1. The van der Waals surface area contributed by atoms with Gasteiger partial charge in [0.15, 0.2) is 12.4 Å². The first-order chi connectivity index (χ1) is 13.2. The molecule has 7 nitrogen and oxygen atoms in total. The number of rotatable bonds is 6. The third-order valence-corrected chi connectivity index (χ3v) is 6.05. The van der Waals surface area contributed by atoms with E-state index in [0.717, 1.165) is 11.1 Å². The Bertz CT molecular complexity index is 1030. The molecule has 0 aromatic heterocycles. The molecule has 0 saturated carbocycles. The highest BCUT2D eigenvalue weighted by Crippen LogP contribution is 2.40. The van der Waals surface area contributed by atoms with Gasteiger partial charge in [-0.25, -0.2) is 13.1 Å². The maximum absolute atomic E-state index is 12.3. The second-order valence-corrected chi connectivity index (χ2v) is 8.37. The second kappa shape index (κ2) is 7.63. The molecule has 3 rings (SSSR count). The van der Waals surface area contributed by atoms with Crippen LogP contribution >= 0.6 is 0 Å². The molecule has 1 amide bonds. The van der Waals surface area contributed by atoms with Gasteiger partial charge in [-0.2, -0.15) is 0 Å². The van der Waals surface area contributed by atoms with Crippen molar-refractivity contribution in [2.24, 2.45) is 0 Å². The molecule has 1 aliphatic carbocycles. The lowest BCUT2D eigenvalue weighted by Crippen LogP contribution is -2.34. The molecule has 8 heteroatoms. The number of amides is 1. The van der Waals surface area contributed by atoms with Gasteiger partial charge >= 0.3 is 0 Å². The Morgan fingerprint density at radius 3 is 2.50 bits per heavy atom. The van der Waals surface area contributed by atoms with Gasteiger partial charge in [0.25, 0.3) is 15.9 Å². The van der Waals surface area contributed by atoms with E-state index in [1.165, 1.54) is 31.4 Å². The number of fused-ring (bicyclic) bond motifs is 1. The van der Waals surface area contributed by atoms with E-state index in [9.17, 15) is 18.0 Å². The largest absolute Gasteiger partial charge is 0.497 e. The number of Topliss-reactive ketones (excluding diaryl/α,β-unsaturated/α-hetero) is 1. The summed E-state index contributed by atoms with van der Waals surface area (Å²) in [5.74, 6) is 0.0269. The number of carbonyl (C=O) groups excluding carboxylic acids is 2. The molecule has 2 aromatic carbocycles. The Balaban J connectivity index is 1.70. The fourth-order valence-electron chi connectivity index (χ4n) is 3.37. The number of carbonyl (C=O) groups is 2. The average molecular weight is 403 g/mol. The van der Waals surface area contributed by atoms with E-state index in [-0.39, 0.29) is 16.6 Å². The Morgan fingerprint density at radius 2 is 1.86 bits per heavy atom. The molecule has 0 saturated heterocycles. The standard InChI is InChI=1S/C20H21NO6S/c1-12-4-9-17(20-16(22)10-13(2)19(12)20)27-11-18(23)21-28(24,25)15-7-5-14(26-3)6-8-15/h4-9,13H,10-11H2,1-3H3,(H,21,23). The maximum Gasteiger partial charge on any atom is 0.271 e. The number of benzene rings is 2. The molecule has 148 valence electrons. The summed E-state index contributed by atoms with van der Waals surface area (Å²) in [5.41, 5.74) is 2.40. The van der Waals surface area contributed by atoms with Crippen molar-refractivity contribution in [1.29, 1.82) is 0 Å². The van der Waals surface area contributed by atoms with Crippen LogP contribution in [-0.4, -0.2) is 33.8 Å². The SMILES string of the molecule is COc1ccc(S(=O)(=O)NC(=O)COc2ccc(C)c3c2C(=O)CC3C)cc1. The zero-order valence-corrected chi connectivity index (χ0v) is 16.6. The minimum absolute atomic E-state index is 0.0348. The molecule has 0 bridgehead atoms. The molecule has 0 fully saturated rings. The van der Waals surface area contributed by atoms with Crippen LogP contribution in [0.5, 0.6) is 11.5 Å². The van der Waals surface area contributed by atoms with Crippen molar-refractivity contribution in [3.63, 3.8) is 0 Å². The summed E-state index contributed by atoms with van der Waals surface area (Å²) in [4.78, 5) is 24.3. The van der Waals surface area contributed by atoms with Crippen molar-refractivity contribution < 1.29 is 27.5 Å². The Hall–Kier alpha value is -2.87. The highest BCUT2D eigenvalue weighted by molar-refractivity contribution is 7.90. The van der Waals surface area contributed by atoms with Crippen LogP contribution in [0.4, 0.5) is 0 Å². The number of nitrogens with one attached hydrogen (secondary N) is 1. The second-order valence-electron chi connectivity index (χ2n) is 6.69. The predicted molar refractivity (Wildman–Crippen MR) is 102 cm³/mol. The summed E-state index contributed by atoms with van der Waals surface area (Å²) in [6, 6.07) is 9.10. The zero-order valence-electron chi connectivity index (χ0n) is 15.8. The van der Waals surface area contributed by atoms with Crippen LogP contribution in [-0.2, 0) is 14.8 Å². The Kier molecular flexibility index (Phi) is 5.42. The molecule has 28 heavy (non-hydrogen) atoms. The van der Waals surface area contributed by atoms with Crippen molar-refractivity contribution in [3.05, 3.63) is 53.1 Å². The first-order valence-electron chi connectivity index (χ1n) is 8.72. The van der Waals surface area contributed by atoms with Crippen LogP contribution < -0.4 is 14.2 Å². The van der Waals surface area contributed by atoms with Gasteiger partial charge in [-0.15, -0.1) is 0 Å². The van der Waals surface area contributed by atoms with E-state index >= 15 is 0 Å². The lowest BCUT2D eigenvalue weighted by atomic mass is 9.97. The topological polar surface area (TPSA) is 98.8 Å². The third kappa shape index (κ3) is 3.87. The summed E-state index contributed by atoms with van der Waals surface area (Å²) in [5, 5.41) is 0. The van der Waals surface area contributed by atoms with Gasteiger partial charge in [0, 0.05) is 6.42 Å². The van der Waals surface area contributed by atoms with Crippen LogP contribution in [0.2, 0.25) is 0 Å². The number of sulfonamides is 1. The molecular formula is C20H21NO6S. The van der Waals surface area contributed by atoms with E-state index in [4.69, 9.17) is 9.47 Å². The van der Waals surface area contributed by atoms with Gasteiger partial charge in [0.1, 0.15) is 11.5 Å². The quantitative estimate of drug-likeness (QED) is 0.796. The van der Waals surface area contributed by atoms with E-state index in [0.29, 0.717) is 23.5 Å². The van der Waals surface area contributed by atoms with Gasteiger partial charge in [0.2, 0.25) is 0 Å². The normalized spacial score (nSPS) is 15.8. The lowest BCUT2D eigenvalue weighted by molar-refractivity contribution is -0.121. The molecular weight excluding hydrogens is 382 g/mol. The molecule has 2 aromatic rings. The molecule has 0 heterocycles. The van der Waals surface area contributed by atoms with Gasteiger partial charge in [-0.05, 0) is 54.3 Å². The molecule has 1 atom stereocenters. The summed E-state index contributed by atoms with van der Waals surface area (Å²) in [6.45, 7) is 3.37. The molecule has 0 spiro atoms. The first kappa shape index (κ1) is 19.9. The zero-order chi connectivity index (χ0) is 20.5. The Morgan fingerprint density at radius 1 is 1.18 bits per heavy atom. The molecule has 0 aliphatic heterocycles. The van der Waals surface area contributed by atoms with Crippen LogP contribution in [0.15, 0.2) is 41.3 Å². The van der Waals surface area contributed by atoms with Crippen molar-refractivity contribution in [2.75, 3.05) is 13.7 Å². The van der Waals surface area contributed by atoms with Crippen molar-refractivity contribution in [3.8, 4) is 11.5 Å². The highest BCUT2D eigenvalue weighted by Gasteiger charge is 2.31. The van der Waals surface area contributed by atoms with Crippen molar-refractivity contribution in [1.82, 2.24) is 4.72 Å². The van der Waals surface area contributed by atoms with E-state index < -0.39 is 22.5 Å². The number of ketones is 1. The summed E-state index contributed by atoms with van der Waals surface area (Å²) in [7, 11) is -2.56. The molecule has 0 radical (unpaired) electrons. The fraction of sp³-hybridized carbons (Fsp3) is 0.300. The van der Waals surface area contributed by atoms with E-state index in [1.54, 1.807) is 6.07 Å². The Labute approximate surface area is 163 Å². The summed E-state index contributed by atoms with van der Waals surface area (Å²) in [6.07, 6.45) is 0.397. The lowest BCUT2D eigenvalue weighted by Gasteiger charge is -2.13. The minimum Gasteiger partial charge on any atom is -0.497 e. The molecule has 1 aliphatic rings. The predicted octanol–water partition coefficient (Wildman–Crippen LogP) is 2.58. The van der Waals surface area contributed by atoms with Crippen LogP contribution in [0.3, 0.4) is 0 Å². The van der Waals surface area contributed by atoms with Gasteiger partial charge < -0.3 is 9.47 Å². The van der Waals surface area contributed by atoms with Gasteiger partial charge in [-0.1, -0.05) is 13.0 Å². The van der Waals surface area contributed by atoms with Crippen LogP contribution in [0, 0.1) is 6.92 Å². The number of hydrogen-bond donors (Lipinski definition) is 1. The number of hydrogen-bond acceptors (Lipinski definition) is 6. The number of aryl methyl sites for hydroxylation is 1. The summed E-state index contributed by atoms with van der Waals surface area (Å²) >= 11 is 0. The van der Waals surface area contributed by atoms with Gasteiger partial charge in [-0.3, -0.25) is 9.59 Å². The van der Waals surface area contributed by atoms with Crippen LogP contribution in [0.1, 0.15) is 40.7 Å².